The van der Waals surface area contributed by atoms with Crippen molar-refractivity contribution in [2.75, 3.05) is 6.54 Å². The lowest BCUT2D eigenvalue weighted by Gasteiger charge is -2.05. The minimum atomic E-state index is -0.0951. The first-order valence-corrected chi connectivity index (χ1v) is 7.33. The molecular formula is C17H14N4O2. The Hall–Kier alpha value is -3.15. The molecule has 0 fully saturated rings. The second kappa shape index (κ2) is 5.57. The maximum Gasteiger partial charge on any atom is 0.251 e. The van der Waals surface area contributed by atoms with Gasteiger partial charge in [0, 0.05) is 12.1 Å². The highest BCUT2D eigenvalue weighted by Crippen LogP contribution is 2.15. The van der Waals surface area contributed by atoms with Crippen LogP contribution in [0.15, 0.2) is 53.5 Å². The van der Waals surface area contributed by atoms with Gasteiger partial charge < -0.3 is 14.7 Å². The lowest BCUT2D eigenvalue weighted by atomic mass is 10.1. The fourth-order valence-corrected chi connectivity index (χ4v) is 2.55. The molecule has 6 heteroatoms. The zero-order valence-corrected chi connectivity index (χ0v) is 12.2. The van der Waals surface area contributed by atoms with Crippen molar-refractivity contribution in [1.29, 1.82) is 0 Å². The average molecular weight is 306 g/mol. The van der Waals surface area contributed by atoms with Gasteiger partial charge in [0.25, 0.3) is 5.91 Å². The number of fused-ring (bicyclic) bond motifs is 2. The number of nitrogens with zero attached hydrogens (tertiary/aromatic N) is 2. The van der Waals surface area contributed by atoms with Crippen molar-refractivity contribution in [2.24, 2.45) is 0 Å². The number of H-pyrrole nitrogens is 1. The van der Waals surface area contributed by atoms with Crippen molar-refractivity contribution in [3.05, 3.63) is 60.2 Å². The van der Waals surface area contributed by atoms with Crippen molar-refractivity contribution in [3.8, 4) is 0 Å². The van der Waals surface area contributed by atoms with Crippen molar-refractivity contribution < 1.29 is 9.21 Å². The Balaban J connectivity index is 1.40. The minimum Gasteiger partial charge on any atom is -0.443 e. The summed E-state index contributed by atoms with van der Waals surface area (Å²) < 4.78 is 5.28. The number of rotatable bonds is 4. The smallest absolute Gasteiger partial charge is 0.251 e. The third-order valence-electron chi connectivity index (χ3n) is 3.78. The lowest BCUT2D eigenvalue weighted by molar-refractivity contribution is 0.0954. The first kappa shape index (κ1) is 13.5. The van der Waals surface area contributed by atoms with E-state index in [1.54, 1.807) is 18.5 Å². The molecule has 2 aromatic heterocycles. The van der Waals surface area contributed by atoms with E-state index >= 15 is 0 Å². The van der Waals surface area contributed by atoms with Gasteiger partial charge in [0.1, 0.15) is 5.52 Å². The SMILES string of the molecule is O=C(NCCc1ccc2ncoc2c1)c1ccc2nc[nH]c2c1. The van der Waals surface area contributed by atoms with Crippen LogP contribution in [0, 0.1) is 0 Å². The molecule has 0 bridgehead atoms. The van der Waals surface area contributed by atoms with Crippen molar-refractivity contribution in [2.45, 2.75) is 6.42 Å². The van der Waals surface area contributed by atoms with Gasteiger partial charge >= 0.3 is 0 Å². The van der Waals surface area contributed by atoms with E-state index in [1.807, 2.05) is 24.3 Å². The molecule has 6 nitrogen and oxygen atoms in total. The van der Waals surface area contributed by atoms with E-state index in [1.165, 1.54) is 6.39 Å². The van der Waals surface area contributed by atoms with Crippen LogP contribution < -0.4 is 5.32 Å². The fraction of sp³-hybridized carbons (Fsp3) is 0.118. The van der Waals surface area contributed by atoms with Crippen LogP contribution in [0.25, 0.3) is 22.1 Å². The van der Waals surface area contributed by atoms with Crippen LogP contribution in [0.5, 0.6) is 0 Å². The van der Waals surface area contributed by atoms with E-state index in [0.29, 0.717) is 12.1 Å². The number of imidazole rings is 1. The molecule has 0 aliphatic carbocycles. The molecular weight excluding hydrogens is 292 g/mol. The third kappa shape index (κ3) is 2.66. The molecule has 0 spiro atoms. The molecule has 0 radical (unpaired) electrons. The maximum absolute atomic E-state index is 12.2. The first-order chi connectivity index (χ1) is 11.3. The molecule has 23 heavy (non-hydrogen) atoms. The Bertz CT molecular complexity index is 986. The number of carbonyl (C=O) groups is 1. The van der Waals surface area contributed by atoms with E-state index < -0.39 is 0 Å². The molecule has 2 N–H and O–H groups in total. The van der Waals surface area contributed by atoms with Gasteiger partial charge in [-0.25, -0.2) is 9.97 Å². The lowest BCUT2D eigenvalue weighted by Crippen LogP contribution is -2.25. The zero-order chi connectivity index (χ0) is 15.6. The summed E-state index contributed by atoms with van der Waals surface area (Å²) in [5.41, 5.74) is 5.02. The van der Waals surface area contributed by atoms with Gasteiger partial charge in [-0.3, -0.25) is 4.79 Å². The van der Waals surface area contributed by atoms with E-state index in [-0.39, 0.29) is 5.91 Å². The molecule has 0 saturated carbocycles. The molecule has 0 atom stereocenters. The van der Waals surface area contributed by atoms with E-state index in [0.717, 1.165) is 34.1 Å². The highest BCUT2D eigenvalue weighted by atomic mass is 16.3. The Morgan fingerprint density at radius 1 is 1.13 bits per heavy atom. The van der Waals surface area contributed by atoms with Gasteiger partial charge in [0.2, 0.25) is 0 Å². The van der Waals surface area contributed by atoms with E-state index in [4.69, 9.17) is 4.42 Å². The van der Waals surface area contributed by atoms with Gasteiger partial charge in [-0.1, -0.05) is 6.07 Å². The summed E-state index contributed by atoms with van der Waals surface area (Å²) in [5, 5.41) is 2.93. The normalized spacial score (nSPS) is 11.1. The number of benzene rings is 2. The number of aromatic amines is 1. The molecule has 1 amide bonds. The zero-order valence-electron chi connectivity index (χ0n) is 12.2. The van der Waals surface area contributed by atoms with E-state index in [2.05, 4.69) is 20.3 Å². The van der Waals surface area contributed by atoms with Gasteiger partial charge in [-0.05, 0) is 42.3 Å². The number of nitrogens with one attached hydrogen (secondary N) is 2. The number of hydrogen-bond acceptors (Lipinski definition) is 4. The molecule has 4 rings (SSSR count). The van der Waals surface area contributed by atoms with E-state index in [9.17, 15) is 4.79 Å². The van der Waals surface area contributed by atoms with Crippen LogP contribution >= 0.6 is 0 Å². The van der Waals surface area contributed by atoms with Crippen LogP contribution in [0.4, 0.5) is 0 Å². The average Bonchev–Trinajstić information content (AvgIpc) is 3.22. The molecule has 4 aromatic rings. The molecule has 0 aliphatic rings. The minimum absolute atomic E-state index is 0.0951. The molecule has 0 saturated heterocycles. The summed E-state index contributed by atoms with van der Waals surface area (Å²) in [5.74, 6) is -0.0951. The summed E-state index contributed by atoms with van der Waals surface area (Å²) >= 11 is 0. The summed E-state index contributed by atoms with van der Waals surface area (Å²) in [6, 6.07) is 11.3. The predicted octanol–water partition coefficient (Wildman–Crippen LogP) is 2.68. The van der Waals surface area contributed by atoms with Crippen molar-refractivity contribution in [3.63, 3.8) is 0 Å². The topological polar surface area (TPSA) is 83.8 Å². The summed E-state index contributed by atoms with van der Waals surface area (Å²) in [6.45, 7) is 0.555. The van der Waals surface area contributed by atoms with Crippen LogP contribution in [0.3, 0.4) is 0 Å². The summed E-state index contributed by atoms with van der Waals surface area (Å²) in [6.07, 6.45) is 3.78. The van der Waals surface area contributed by atoms with Crippen LogP contribution in [0.1, 0.15) is 15.9 Å². The van der Waals surface area contributed by atoms with Gasteiger partial charge in [-0.15, -0.1) is 0 Å². The maximum atomic E-state index is 12.2. The van der Waals surface area contributed by atoms with Gasteiger partial charge in [0.05, 0.1) is 17.4 Å². The molecule has 0 aliphatic heterocycles. The van der Waals surface area contributed by atoms with Crippen LogP contribution in [0.2, 0.25) is 0 Å². The number of hydrogen-bond donors (Lipinski definition) is 2. The number of aromatic nitrogens is 3. The van der Waals surface area contributed by atoms with Crippen LogP contribution in [-0.4, -0.2) is 27.4 Å². The quantitative estimate of drug-likeness (QED) is 0.607. The highest BCUT2D eigenvalue weighted by Gasteiger charge is 2.07. The molecule has 0 unspecified atom stereocenters. The highest BCUT2D eigenvalue weighted by molar-refractivity contribution is 5.97. The Labute approximate surface area is 131 Å². The molecule has 114 valence electrons. The number of carbonyl (C=O) groups excluding carboxylic acids is 1. The van der Waals surface area contributed by atoms with Crippen molar-refractivity contribution in [1.82, 2.24) is 20.3 Å². The number of oxazole rings is 1. The van der Waals surface area contributed by atoms with Crippen molar-refractivity contribution >= 4 is 28.0 Å². The largest absolute Gasteiger partial charge is 0.443 e. The Morgan fingerprint density at radius 2 is 2.04 bits per heavy atom. The third-order valence-corrected chi connectivity index (χ3v) is 3.78. The van der Waals surface area contributed by atoms with Gasteiger partial charge in [0.15, 0.2) is 12.0 Å². The second-order valence-electron chi connectivity index (χ2n) is 5.29. The van der Waals surface area contributed by atoms with Gasteiger partial charge in [-0.2, -0.15) is 0 Å². The second-order valence-corrected chi connectivity index (χ2v) is 5.29. The summed E-state index contributed by atoms with van der Waals surface area (Å²) in [7, 11) is 0. The standard InChI is InChI=1S/C17H14N4O2/c22-17(12-2-4-13-15(8-12)20-9-19-13)18-6-5-11-1-3-14-16(7-11)23-10-21-14/h1-4,7-10H,5-6H2,(H,18,22)(H,19,20). The number of amides is 1. The fourth-order valence-electron chi connectivity index (χ4n) is 2.55. The first-order valence-electron chi connectivity index (χ1n) is 7.33. The molecule has 2 heterocycles. The Kier molecular flexibility index (Phi) is 3.27. The molecule has 2 aromatic carbocycles. The predicted molar refractivity (Wildman–Crippen MR) is 86.1 cm³/mol. The Morgan fingerprint density at radius 3 is 3.00 bits per heavy atom. The monoisotopic (exact) mass is 306 g/mol. The van der Waals surface area contributed by atoms with Crippen LogP contribution in [-0.2, 0) is 6.42 Å². The summed E-state index contributed by atoms with van der Waals surface area (Å²) in [4.78, 5) is 23.4.